The van der Waals surface area contributed by atoms with Gasteiger partial charge in [-0.1, -0.05) is 41.9 Å². The highest BCUT2D eigenvalue weighted by Gasteiger charge is 2.32. The molecular weight excluding hydrogens is 300 g/mol. The Balaban J connectivity index is 1.90. The summed E-state index contributed by atoms with van der Waals surface area (Å²) in [5, 5.41) is 0.381. The van der Waals surface area contributed by atoms with Gasteiger partial charge < -0.3 is 9.64 Å². The van der Waals surface area contributed by atoms with E-state index in [4.69, 9.17) is 16.3 Å². The highest BCUT2D eigenvalue weighted by Crippen LogP contribution is 2.27. The van der Waals surface area contributed by atoms with Crippen LogP contribution in [0.3, 0.4) is 0 Å². The van der Waals surface area contributed by atoms with Crippen molar-refractivity contribution in [2.24, 2.45) is 0 Å². The molecule has 2 aromatic rings. The number of halogens is 1. The third kappa shape index (κ3) is 3.13. The van der Waals surface area contributed by atoms with Crippen LogP contribution in [-0.2, 0) is 4.74 Å². The summed E-state index contributed by atoms with van der Waals surface area (Å²) in [6, 6.07) is 13.2. The molecule has 3 rings (SSSR count). The van der Waals surface area contributed by atoms with Crippen molar-refractivity contribution in [1.82, 2.24) is 9.88 Å². The maximum Gasteiger partial charge on any atom is 0.256 e. The SMILES string of the molecule is C[C@H]1CN(C(=O)c2ccc(Cl)nc2)[C@H](c2ccccc2)CO1. The molecule has 0 spiro atoms. The second-order valence-electron chi connectivity index (χ2n) is 5.40. The lowest BCUT2D eigenvalue weighted by Gasteiger charge is -2.39. The van der Waals surface area contributed by atoms with Gasteiger partial charge in [-0.2, -0.15) is 0 Å². The largest absolute Gasteiger partial charge is 0.374 e. The summed E-state index contributed by atoms with van der Waals surface area (Å²) < 4.78 is 5.75. The quantitative estimate of drug-likeness (QED) is 0.798. The average molecular weight is 317 g/mol. The van der Waals surface area contributed by atoms with Gasteiger partial charge in [-0.25, -0.2) is 4.98 Å². The Hall–Kier alpha value is -1.91. The van der Waals surface area contributed by atoms with Crippen LogP contribution in [0.5, 0.6) is 0 Å². The van der Waals surface area contributed by atoms with Gasteiger partial charge in [0.15, 0.2) is 0 Å². The molecule has 2 heterocycles. The Morgan fingerprint density at radius 2 is 2.05 bits per heavy atom. The summed E-state index contributed by atoms with van der Waals surface area (Å²) in [5.41, 5.74) is 1.61. The van der Waals surface area contributed by atoms with Gasteiger partial charge in [-0.05, 0) is 24.6 Å². The van der Waals surface area contributed by atoms with Crippen LogP contribution in [0, 0.1) is 0 Å². The molecule has 0 saturated carbocycles. The van der Waals surface area contributed by atoms with Crippen LogP contribution in [0.15, 0.2) is 48.7 Å². The minimum atomic E-state index is -0.0828. The number of carbonyl (C=O) groups excluding carboxylic acids is 1. The molecule has 22 heavy (non-hydrogen) atoms. The van der Waals surface area contributed by atoms with Crippen molar-refractivity contribution in [2.45, 2.75) is 19.1 Å². The molecule has 5 heteroatoms. The average Bonchev–Trinajstić information content (AvgIpc) is 2.55. The van der Waals surface area contributed by atoms with E-state index in [0.717, 1.165) is 5.56 Å². The third-order valence-corrected chi connectivity index (χ3v) is 4.01. The third-order valence-electron chi connectivity index (χ3n) is 3.79. The number of pyridine rings is 1. The van der Waals surface area contributed by atoms with Gasteiger partial charge in [-0.3, -0.25) is 4.79 Å². The topological polar surface area (TPSA) is 42.4 Å². The van der Waals surface area contributed by atoms with Gasteiger partial charge in [0.05, 0.1) is 24.3 Å². The van der Waals surface area contributed by atoms with Crippen molar-refractivity contribution in [1.29, 1.82) is 0 Å². The Labute approximate surface area is 134 Å². The smallest absolute Gasteiger partial charge is 0.256 e. The van der Waals surface area contributed by atoms with Crippen LogP contribution >= 0.6 is 11.6 Å². The highest BCUT2D eigenvalue weighted by atomic mass is 35.5. The van der Waals surface area contributed by atoms with E-state index in [1.165, 1.54) is 6.20 Å². The zero-order valence-electron chi connectivity index (χ0n) is 12.3. The van der Waals surface area contributed by atoms with Crippen LogP contribution in [0.25, 0.3) is 0 Å². The molecule has 0 aliphatic carbocycles. The zero-order valence-corrected chi connectivity index (χ0v) is 13.0. The number of carbonyl (C=O) groups is 1. The van der Waals surface area contributed by atoms with Crippen LogP contribution < -0.4 is 0 Å². The Morgan fingerprint density at radius 1 is 1.27 bits per heavy atom. The predicted octanol–water partition coefficient (Wildman–Crippen LogP) is 3.34. The van der Waals surface area contributed by atoms with Crippen LogP contribution in [0.2, 0.25) is 5.15 Å². The predicted molar refractivity (Wildman–Crippen MR) is 84.9 cm³/mol. The maximum atomic E-state index is 12.8. The molecule has 0 unspecified atom stereocenters. The Kier molecular flexibility index (Phi) is 4.41. The van der Waals surface area contributed by atoms with E-state index in [9.17, 15) is 4.79 Å². The number of morpholine rings is 1. The molecule has 4 nitrogen and oxygen atoms in total. The number of hydrogen-bond acceptors (Lipinski definition) is 3. The molecule has 0 bridgehead atoms. The van der Waals surface area contributed by atoms with Crippen molar-refractivity contribution >= 4 is 17.5 Å². The van der Waals surface area contributed by atoms with Gasteiger partial charge in [-0.15, -0.1) is 0 Å². The molecule has 2 atom stereocenters. The lowest BCUT2D eigenvalue weighted by Crippen LogP contribution is -2.46. The van der Waals surface area contributed by atoms with E-state index < -0.39 is 0 Å². The number of benzene rings is 1. The molecule has 1 aromatic heterocycles. The molecule has 1 saturated heterocycles. The summed E-state index contributed by atoms with van der Waals surface area (Å²) in [6.45, 7) is 3.03. The summed E-state index contributed by atoms with van der Waals surface area (Å²) in [6.07, 6.45) is 1.54. The minimum absolute atomic E-state index is 0.0178. The number of aromatic nitrogens is 1. The summed E-state index contributed by atoms with van der Waals surface area (Å²) >= 11 is 5.79. The first kappa shape index (κ1) is 15.0. The highest BCUT2D eigenvalue weighted by molar-refractivity contribution is 6.29. The van der Waals surface area contributed by atoms with Gasteiger partial charge in [0.1, 0.15) is 5.15 Å². The van der Waals surface area contributed by atoms with Crippen molar-refractivity contribution in [3.63, 3.8) is 0 Å². The standard InChI is InChI=1S/C17H17ClN2O2/c1-12-10-20(17(21)14-7-8-16(18)19-9-14)15(11-22-12)13-5-3-2-4-6-13/h2-9,12,15H,10-11H2,1H3/t12-,15-/m0/s1. The first-order chi connectivity index (χ1) is 10.6. The lowest BCUT2D eigenvalue weighted by molar-refractivity contribution is -0.0447. The second-order valence-corrected chi connectivity index (χ2v) is 5.78. The fourth-order valence-corrected chi connectivity index (χ4v) is 2.76. The van der Waals surface area contributed by atoms with E-state index >= 15 is 0 Å². The molecule has 0 N–H and O–H groups in total. The molecule has 1 aliphatic rings. The van der Waals surface area contributed by atoms with Crippen LogP contribution in [-0.4, -0.2) is 35.0 Å². The molecule has 1 aromatic carbocycles. The fourth-order valence-electron chi connectivity index (χ4n) is 2.65. The van der Waals surface area contributed by atoms with E-state index in [1.807, 2.05) is 42.2 Å². The number of hydrogen-bond donors (Lipinski definition) is 0. The van der Waals surface area contributed by atoms with Crippen molar-refractivity contribution in [3.8, 4) is 0 Å². The Morgan fingerprint density at radius 3 is 2.73 bits per heavy atom. The normalized spacial score (nSPS) is 21.6. The second kappa shape index (κ2) is 6.46. The van der Waals surface area contributed by atoms with Gasteiger partial charge in [0.25, 0.3) is 5.91 Å². The van der Waals surface area contributed by atoms with E-state index in [1.54, 1.807) is 12.1 Å². The van der Waals surface area contributed by atoms with E-state index in [0.29, 0.717) is 23.9 Å². The summed E-state index contributed by atoms with van der Waals surface area (Å²) in [4.78, 5) is 18.7. The molecular formula is C17H17ClN2O2. The molecule has 114 valence electrons. The van der Waals surface area contributed by atoms with Crippen LogP contribution in [0.1, 0.15) is 28.9 Å². The number of rotatable bonds is 2. The zero-order chi connectivity index (χ0) is 15.5. The van der Waals surface area contributed by atoms with Crippen LogP contribution in [0.4, 0.5) is 0 Å². The van der Waals surface area contributed by atoms with E-state index in [-0.39, 0.29) is 18.1 Å². The molecule has 1 aliphatic heterocycles. The van der Waals surface area contributed by atoms with E-state index in [2.05, 4.69) is 4.98 Å². The number of amides is 1. The monoisotopic (exact) mass is 316 g/mol. The van der Waals surface area contributed by atoms with Gasteiger partial charge in [0, 0.05) is 12.7 Å². The summed E-state index contributed by atoms with van der Waals surface area (Å²) in [7, 11) is 0. The van der Waals surface area contributed by atoms with Gasteiger partial charge >= 0.3 is 0 Å². The summed E-state index contributed by atoms with van der Waals surface area (Å²) in [5.74, 6) is -0.0480. The van der Waals surface area contributed by atoms with Crippen molar-refractivity contribution in [3.05, 3.63) is 64.9 Å². The molecule has 1 amide bonds. The maximum absolute atomic E-state index is 12.8. The first-order valence-corrected chi connectivity index (χ1v) is 7.62. The Bertz CT molecular complexity index is 645. The van der Waals surface area contributed by atoms with Gasteiger partial charge in [0.2, 0.25) is 0 Å². The van der Waals surface area contributed by atoms with Crippen molar-refractivity contribution < 1.29 is 9.53 Å². The van der Waals surface area contributed by atoms with Crippen molar-refractivity contribution in [2.75, 3.05) is 13.2 Å². The molecule has 0 radical (unpaired) electrons. The first-order valence-electron chi connectivity index (χ1n) is 7.24. The lowest BCUT2D eigenvalue weighted by atomic mass is 10.0. The number of nitrogens with zero attached hydrogens (tertiary/aromatic N) is 2. The number of ether oxygens (including phenoxy) is 1. The molecule has 1 fully saturated rings. The minimum Gasteiger partial charge on any atom is -0.374 e. The fraction of sp³-hybridized carbons (Fsp3) is 0.294.